The van der Waals surface area contributed by atoms with Gasteiger partial charge in [0.2, 0.25) is 5.28 Å². The molecule has 2 aromatic rings. The van der Waals surface area contributed by atoms with Crippen LogP contribution in [0.25, 0.3) is 10.2 Å². The minimum atomic E-state index is 0.336. The van der Waals surface area contributed by atoms with Crippen molar-refractivity contribution in [3.05, 3.63) is 16.2 Å². The third-order valence-electron chi connectivity index (χ3n) is 3.46. The Labute approximate surface area is 133 Å². The lowest BCUT2D eigenvalue weighted by Gasteiger charge is -2.28. The molecule has 0 saturated heterocycles. The van der Waals surface area contributed by atoms with Gasteiger partial charge >= 0.3 is 0 Å². The molecule has 0 N–H and O–H groups in total. The summed E-state index contributed by atoms with van der Waals surface area (Å²) < 4.78 is 0. The summed E-state index contributed by atoms with van der Waals surface area (Å²) in [6.07, 6.45) is 4.24. The normalized spacial score (nSPS) is 12.8. The molecule has 0 amide bonds. The Hall–Kier alpha value is -0.520. The molecule has 1 atom stereocenters. The molecule has 3 nitrogen and oxygen atoms in total. The number of thioether (sulfide) groups is 1. The van der Waals surface area contributed by atoms with Gasteiger partial charge in [-0.3, -0.25) is 0 Å². The van der Waals surface area contributed by atoms with E-state index in [9.17, 15) is 0 Å². The predicted octanol–water partition coefficient (Wildman–Crippen LogP) is 4.48. The van der Waals surface area contributed by atoms with E-state index < -0.39 is 0 Å². The maximum atomic E-state index is 6.10. The van der Waals surface area contributed by atoms with E-state index in [1.165, 1.54) is 4.88 Å². The van der Waals surface area contributed by atoms with Crippen molar-refractivity contribution in [3.8, 4) is 0 Å². The molecule has 6 heteroatoms. The number of halogens is 1. The number of thiophene rings is 1. The Bertz CT molecular complexity index is 585. The van der Waals surface area contributed by atoms with Crippen LogP contribution in [0.1, 0.15) is 25.1 Å². The Morgan fingerprint density at radius 3 is 2.75 bits per heavy atom. The second-order valence-electron chi connectivity index (χ2n) is 4.73. The number of hydrogen-bond donors (Lipinski definition) is 0. The molecule has 0 fully saturated rings. The SMILES string of the molecule is CCc1cc2c(N(C)C(CC)CSC)nc(Cl)nc2s1. The van der Waals surface area contributed by atoms with Crippen molar-refractivity contribution in [3.63, 3.8) is 0 Å². The largest absolute Gasteiger partial charge is 0.355 e. The number of aryl methyl sites for hydroxylation is 1. The van der Waals surface area contributed by atoms with E-state index in [1.54, 1.807) is 11.3 Å². The molecule has 2 aromatic heterocycles. The first-order valence-electron chi connectivity index (χ1n) is 6.78. The van der Waals surface area contributed by atoms with Gasteiger partial charge in [0.1, 0.15) is 10.6 Å². The first-order valence-corrected chi connectivity index (χ1v) is 9.37. The number of anilines is 1. The van der Waals surface area contributed by atoms with E-state index in [2.05, 4.69) is 48.1 Å². The van der Waals surface area contributed by atoms with Crippen LogP contribution in [0.15, 0.2) is 6.07 Å². The summed E-state index contributed by atoms with van der Waals surface area (Å²) in [5, 5.41) is 1.46. The molecule has 0 aliphatic carbocycles. The molecule has 0 bridgehead atoms. The van der Waals surface area contributed by atoms with Gasteiger partial charge in [-0.2, -0.15) is 16.7 Å². The Morgan fingerprint density at radius 2 is 2.15 bits per heavy atom. The van der Waals surface area contributed by atoms with Crippen molar-refractivity contribution in [1.29, 1.82) is 0 Å². The molecular weight excluding hydrogens is 310 g/mol. The minimum Gasteiger partial charge on any atom is -0.355 e. The lowest BCUT2D eigenvalue weighted by atomic mass is 10.2. The number of fused-ring (bicyclic) bond motifs is 1. The van der Waals surface area contributed by atoms with Crippen LogP contribution in [-0.4, -0.2) is 35.1 Å². The summed E-state index contributed by atoms with van der Waals surface area (Å²) in [5.41, 5.74) is 0. The summed E-state index contributed by atoms with van der Waals surface area (Å²) in [7, 11) is 2.10. The van der Waals surface area contributed by atoms with Crippen molar-refractivity contribution in [2.75, 3.05) is 24.0 Å². The molecule has 0 saturated carbocycles. The fourth-order valence-electron chi connectivity index (χ4n) is 2.24. The van der Waals surface area contributed by atoms with Gasteiger partial charge in [-0.05, 0) is 36.8 Å². The maximum Gasteiger partial charge on any atom is 0.225 e. The van der Waals surface area contributed by atoms with Gasteiger partial charge < -0.3 is 4.90 Å². The zero-order valence-corrected chi connectivity index (χ0v) is 14.7. The first kappa shape index (κ1) is 15.9. The van der Waals surface area contributed by atoms with Gasteiger partial charge in [-0.1, -0.05) is 13.8 Å². The smallest absolute Gasteiger partial charge is 0.225 e. The van der Waals surface area contributed by atoms with Gasteiger partial charge in [0.25, 0.3) is 0 Å². The first-order chi connectivity index (χ1) is 9.60. The monoisotopic (exact) mass is 329 g/mol. The van der Waals surface area contributed by atoms with Crippen molar-refractivity contribution < 1.29 is 0 Å². The zero-order chi connectivity index (χ0) is 14.7. The summed E-state index contributed by atoms with van der Waals surface area (Å²) in [5.74, 6) is 2.04. The van der Waals surface area contributed by atoms with Crippen LogP contribution in [0.3, 0.4) is 0 Å². The van der Waals surface area contributed by atoms with E-state index >= 15 is 0 Å². The lowest BCUT2D eigenvalue weighted by molar-refractivity contribution is 0.668. The molecular formula is C14H20ClN3S2. The van der Waals surface area contributed by atoms with Crippen molar-refractivity contribution in [1.82, 2.24) is 9.97 Å². The van der Waals surface area contributed by atoms with Crippen molar-refractivity contribution in [2.45, 2.75) is 32.7 Å². The fraction of sp³-hybridized carbons (Fsp3) is 0.571. The molecule has 110 valence electrons. The predicted molar refractivity (Wildman–Crippen MR) is 92.7 cm³/mol. The Balaban J connectivity index is 2.48. The van der Waals surface area contributed by atoms with Gasteiger partial charge in [-0.15, -0.1) is 11.3 Å². The molecule has 0 spiro atoms. The highest BCUT2D eigenvalue weighted by Gasteiger charge is 2.19. The summed E-state index contributed by atoms with van der Waals surface area (Å²) in [6.45, 7) is 4.37. The van der Waals surface area contributed by atoms with Crippen LogP contribution in [-0.2, 0) is 6.42 Å². The van der Waals surface area contributed by atoms with Crippen molar-refractivity contribution >= 4 is 50.7 Å². The molecule has 0 radical (unpaired) electrons. The standard InChI is InChI=1S/C14H20ClN3S2/c1-5-9(8-19-4)18(3)12-11-7-10(6-2)20-13(11)17-14(15)16-12/h7,9H,5-6,8H2,1-4H3. The van der Waals surface area contributed by atoms with Crippen LogP contribution >= 0.6 is 34.7 Å². The third kappa shape index (κ3) is 3.21. The lowest BCUT2D eigenvalue weighted by Crippen LogP contribution is -2.34. The summed E-state index contributed by atoms with van der Waals surface area (Å²) >= 11 is 9.67. The number of aromatic nitrogens is 2. The molecule has 1 unspecified atom stereocenters. The van der Waals surface area contributed by atoms with Gasteiger partial charge in [0.15, 0.2) is 0 Å². The van der Waals surface area contributed by atoms with E-state index in [0.717, 1.165) is 34.6 Å². The molecule has 2 heterocycles. The Kier molecular flexibility index (Phi) is 5.52. The average molecular weight is 330 g/mol. The molecule has 2 rings (SSSR count). The van der Waals surface area contributed by atoms with Crippen LogP contribution in [0.2, 0.25) is 5.28 Å². The highest BCUT2D eigenvalue weighted by Crippen LogP contribution is 2.33. The van der Waals surface area contributed by atoms with Gasteiger partial charge in [0, 0.05) is 23.7 Å². The molecule has 0 aromatic carbocycles. The van der Waals surface area contributed by atoms with E-state index in [1.807, 2.05) is 11.8 Å². The molecule has 0 aliphatic heterocycles. The number of rotatable bonds is 6. The zero-order valence-electron chi connectivity index (χ0n) is 12.3. The number of nitrogens with zero attached hydrogens (tertiary/aromatic N) is 3. The summed E-state index contributed by atoms with van der Waals surface area (Å²) in [4.78, 5) is 13.4. The van der Waals surface area contributed by atoms with Gasteiger partial charge in [-0.25, -0.2) is 4.98 Å². The van der Waals surface area contributed by atoms with Crippen LogP contribution in [0.4, 0.5) is 5.82 Å². The molecule has 0 aliphatic rings. The quantitative estimate of drug-likeness (QED) is 0.730. The van der Waals surface area contributed by atoms with E-state index in [-0.39, 0.29) is 0 Å². The maximum absolute atomic E-state index is 6.10. The van der Waals surface area contributed by atoms with Crippen LogP contribution in [0.5, 0.6) is 0 Å². The minimum absolute atomic E-state index is 0.336. The second-order valence-corrected chi connectivity index (χ2v) is 7.09. The Morgan fingerprint density at radius 1 is 1.40 bits per heavy atom. The molecule has 20 heavy (non-hydrogen) atoms. The van der Waals surface area contributed by atoms with Crippen LogP contribution < -0.4 is 4.90 Å². The van der Waals surface area contributed by atoms with E-state index in [0.29, 0.717) is 11.3 Å². The van der Waals surface area contributed by atoms with E-state index in [4.69, 9.17) is 11.6 Å². The van der Waals surface area contributed by atoms with Crippen LogP contribution in [0, 0.1) is 0 Å². The number of hydrogen-bond acceptors (Lipinski definition) is 5. The third-order valence-corrected chi connectivity index (χ3v) is 5.52. The second kappa shape index (κ2) is 6.96. The fourth-order valence-corrected chi connectivity index (χ4v) is 4.26. The summed E-state index contributed by atoms with van der Waals surface area (Å²) in [6, 6.07) is 2.66. The topological polar surface area (TPSA) is 29.0 Å². The average Bonchev–Trinajstić information content (AvgIpc) is 2.85. The highest BCUT2D eigenvalue weighted by molar-refractivity contribution is 7.98. The van der Waals surface area contributed by atoms with Gasteiger partial charge in [0.05, 0.1) is 5.39 Å². The van der Waals surface area contributed by atoms with Crippen molar-refractivity contribution in [2.24, 2.45) is 0 Å². The highest BCUT2D eigenvalue weighted by atomic mass is 35.5.